The van der Waals surface area contributed by atoms with Crippen LogP contribution < -0.4 is 5.32 Å². The predicted octanol–water partition coefficient (Wildman–Crippen LogP) is 2.81. The molecule has 0 spiro atoms. The summed E-state index contributed by atoms with van der Waals surface area (Å²) in [5.41, 5.74) is 0.426. The summed E-state index contributed by atoms with van der Waals surface area (Å²) in [4.78, 5) is 0. The van der Waals surface area contributed by atoms with E-state index in [4.69, 9.17) is 0 Å². The van der Waals surface area contributed by atoms with Crippen LogP contribution in [0.15, 0.2) is 0 Å². The van der Waals surface area contributed by atoms with Crippen LogP contribution in [0, 0.1) is 11.8 Å². The monoisotopic (exact) mass is 169 g/mol. The number of nitrogens with one attached hydrogen (secondary N) is 1. The molecule has 1 heterocycles. The van der Waals surface area contributed by atoms with E-state index in [1.165, 1.54) is 25.8 Å². The van der Waals surface area contributed by atoms with Crippen molar-refractivity contribution in [2.45, 2.75) is 52.5 Å². The van der Waals surface area contributed by atoms with E-state index >= 15 is 0 Å². The summed E-state index contributed by atoms with van der Waals surface area (Å²) in [6.45, 7) is 10.7. The summed E-state index contributed by atoms with van der Waals surface area (Å²) < 4.78 is 0. The molecule has 1 fully saturated rings. The molecule has 1 heteroatoms. The van der Waals surface area contributed by atoms with Crippen LogP contribution in [0.4, 0.5) is 0 Å². The Morgan fingerprint density at radius 3 is 2.50 bits per heavy atom. The zero-order valence-electron chi connectivity index (χ0n) is 8.98. The van der Waals surface area contributed by atoms with Crippen LogP contribution in [-0.4, -0.2) is 12.1 Å². The zero-order chi connectivity index (χ0) is 9.19. The summed E-state index contributed by atoms with van der Waals surface area (Å²) in [7, 11) is 0. The Kier molecular flexibility index (Phi) is 3.16. The van der Waals surface area contributed by atoms with E-state index < -0.39 is 0 Å². The van der Waals surface area contributed by atoms with Crippen molar-refractivity contribution >= 4 is 0 Å². The average molecular weight is 169 g/mol. The summed E-state index contributed by atoms with van der Waals surface area (Å²) >= 11 is 0. The van der Waals surface area contributed by atoms with Crippen LogP contribution in [0.1, 0.15) is 47.0 Å². The third kappa shape index (κ3) is 1.82. The summed E-state index contributed by atoms with van der Waals surface area (Å²) in [6, 6.07) is 0. The van der Waals surface area contributed by atoms with E-state index in [-0.39, 0.29) is 0 Å². The highest BCUT2D eigenvalue weighted by atomic mass is 15.0. The molecule has 0 aromatic heterocycles. The van der Waals surface area contributed by atoms with Gasteiger partial charge in [-0.25, -0.2) is 0 Å². The van der Waals surface area contributed by atoms with E-state index in [2.05, 4.69) is 33.0 Å². The SMILES string of the molecule is CCC(C)C(C)C1(C)CCCN1. The fraction of sp³-hybridized carbons (Fsp3) is 1.00. The van der Waals surface area contributed by atoms with Crippen LogP contribution in [0.25, 0.3) is 0 Å². The Balaban J connectivity index is 2.54. The number of hydrogen-bond donors (Lipinski definition) is 1. The van der Waals surface area contributed by atoms with Gasteiger partial charge < -0.3 is 5.32 Å². The van der Waals surface area contributed by atoms with Gasteiger partial charge in [0, 0.05) is 5.54 Å². The molecule has 0 saturated carbocycles. The Labute approximate surface area is 76.9 Å². The molecule has 0 amide bonds. The van der Waals surface area contributed by atoms with Crippen molar-refractivity contribution in [2.75, 3.05) is 6.54 Å². The van der Waals surface area contributed by atoms with Gasteiger partial charge in [-0.15, -0.1) is 0 Å². The molecule has 1 nitrogen and oxygen atoms in total. The van der Waals surface area contributed by atoms with Gasteiger partial charge in [-0.2, -0.15) is 0 Å². The highest BCUT2D eigenvalue weighted by molar-refractivity contribution is 4.94. The fourth-order valence-electron chi connectivity index (χ4n) is 2.29. The average Bonchev–Trinajstić information content (AvgIpc) is 2.50. The lowest BCUT2D eigenvalue weighted by atomic mass is 9.77. The highest BCUT2D eigenvalue weighted by Gasteiger charge is 2.35. The third-order valence-electron chi connectivity index (χ3n) is 3.90. The van der Waals surface area contributed by atoms with Gasteiger partial charge in [0.05, 0.1) is 0 Å². The molecule has 1 aliphatic rings. The van der Waals surface area contributed by atoms with E-state index in [0.717, 1.165) is 11.8 Å². The summed E-state index contributed by atoms with van der Waals surface area (Å²) in [5.74, 6) is 1.66. The normalized spacial score (nSPS) is 35.0. The largest absolute Gasteiger partial charge is 0.311 e. The maximum Gasteiger partial charge on any atom is 0.0181 e. The second-order valence-corrected chi connectivity index (χ2v) is 4.62. The molecule has 1 rings (SSSR count). The van der Waals surface area contributed by atoms with Gasteiger partial charge in [0.15, 0.2) is 0 Å². The molecule has 1 saturated heterocycles. The Morgan fingerprint density at radius 2 is 2.08 bits per heavy atom. The molecule has 3 unspecified atom stereocenters. The molecule has 0 bridgehead atoms. The van der Waals surface area contributed by atoms with E-state index in [9.17, 15) is 0 Å². The van der Waals surface area contributed by atoms with Gasteiger partial charge in [-0.05, 0) is 38.1 Å². The second kappa shape index (κ2) is 3.78. The quantitative estimate of drug-likeness (QED) is 0.685. The van der Waals surface area contributed by atoms with Gasteiger partial charge in [-0.3, -0.25) is 0 Å². The van der Waals surface area contributed by atoms with Crippen LogP contribution >= 0.6 is 0 Å². The third-order valence-corrected chi connectivity index (χ3v) is 3.90. The van der Waals surface area contributed by atoms with Crippen molar-refractivity contribution in [3.05, 3.63) is 0 Å². The van der Waals surface area contributed by atoms with Crippen molar-refractivity contribution in [1.29, 1.82) is 0 Å². The van der Waals surface area contributed by atoms with Crippen molar-refractivity contribution in [3.63, 3.8) is 0 Å². The maximum atomic E-state index is 3.65. The number of rotatable bonds is 3. The molecule has 72 valence electrons. The van der Waals surface area contributed by atoms with Gasteiger partial charge in [0.1, 0.15) is 0 Å². The molecule has 0 aromatic carbocycles. The predicted molar refractivity (Wildman–Crippen MR) is 54.3 cm³/mol. The van der Waals surface area contributed by atoms with Crippen molar-refractivity contribution in [2.24, 2.45) is 11.8 Å². The first-order valence-electron chi connectivity index (χ1n) is 5.35. The lowest BCUT2D eigenvalue weighted by Crippen LogP contribution is -2.45. The minimum atomic E-state index is 0.426. The van der Waals surface area contributed by atoms with Gasteiger partial charge in [0.25, 0.3) is 0 Å². The van der Waals surface area contributed by atoms with Crippen molar-refractivity contribution in [1.82, 2.24) is 5.32 Å². The van der Waals surface area contributed by atoms with E-state index in [1.54, 1.807) is 0 Å². The lowest BCUT2D eigenvalue weighted by molar-refractivity contribution is 0.204. The van der Waals surface area contributed by atoms with Gasteiger partial charge in [-0.1, -0.05) is 27.2 Å². The summed E-state index contributed by atoms with van der Waals surface area (Å²) in [6.07, 6.45) is 4.02. The molecule has 3 atom stereocenters. The molecule has 1 aliphatic heterocycles. The van der Waals surface area contributed by atoms with Crippen molar-refractivity contribution in [3.8, 4) is 0 Å². The standard InChI is InChI=1S/C11H23N/c1-5-9(2)10(3)11(4)7-6-8-12-11/h9-10,12H,5-8H2,1-4H3. The van der Waals surface area contributed by atoms with E-state index in [0.29, 0.717) is 5.54 Å². The summed E-state index contributed by atoms with van der Waals surface area (Å²) in [5, 5.41) is 3.65. The minimum absolute atomic E-state index is 0.426. The van der Waals surface area contributed by atoms with Gasteiger partial charge >= 0.3 is 0 Å². The first-order valence-corrected chi connectivity index (χ1v) is 5.35. The molecular weight excluding hydrogens is 146 g/mol. The van der Waals surface area contributed by atoms with Crippen LogP contribution in [0.5, 0.6) is 0 Å². The molecular formula is C11H23N. The highest BCUT2D eigenvalue weighted by Crippen LogP contribution is 2.33. The smallest absolute Gasteiger partial charge is 0.0181 e. The molecule has 0 aromatic rings. The molecule has 0 aliphatic carbocycles. The lowest BCUT2D eigenvalue weighted by Gasteiger charge is -2.35. The van der Waals surface area contributed by atoms with Crippen LogP contribution in [0.3, 0.4) is 0 Å². The van der Waals surface area contributed by atoms with Gasteiger partial charge in [0.2, 0.25) is 0 Å². The molecule has 1 N–H and O–H groups in total. The first kappa shape index (κ1) is 10.0. The van der Waals surface area contributed by atoms with Crippen LogP contribution in [-0.2, 0) is 0 Å². The second-order valence-electron chi connectivity index (χ2n) is 4.62. The topological polar surface area (TPSA) is 12.0 Å². The zero-order valence-corrected chi connectivity index (χ0v) is 8.98. The van der Waals surface area contributed by atoms with Crippen molar-refractivity contribution < 1.29 is 0 Å². The molecule has 0 radical (unpaired) electrons. The number of hydrogen-bond acceptors (Lipinski definition) is 1. The Bertz CT molecular complexity index is 136. The first-order chi connectivity index (χ1) is 5.60. The molecule has 12 heavy (non-hydrogen) atoms. The maximum absolute atomic E-state index is 3.65. The van der Waals surface area contributed by atoms with E-state index in [1.807, 2.05) is 0 Å². The fourth-order valence-corrected chi connectivity index (χ4v) is 2.29. The minimum Gasteiger partial charge on any atom is -0.311 e. The van der Waals surface area contributed by atoms with Crippen LogP contribution in [0.2, 0.25) is 0 Å². The Morgan fingerprint density at radius 1 is 1.42 bits per heavy atom. The Hall–Kier alpha value is -0.0400.